The largest absolute Gasteiger partial charge is 0.491 e. The van der Waals surface area contributed by atoms with Crippen LogP contribution < -0.4 is 10.1 Å². The number of ether oxygens (including phenoxy) is 2. The molecule has 0 spiro atoms. The van der Waals surface area contributed by atoms with Gasteiger partial charge in [-0.2, -0.15) is 0 Å². The van der Waals surface area contributed by atoms with Crippen molar-refractivity contribution in [1.82, 2.24) is 5.32 Å². The van der Waals surface area contributed by atoms with E-state index in [2.05, 4.69) is 65.9 Å². The number of hydrogen-bond acceptors (Lipinski definition) is 4. The van der Waals surface area contributed by atoms with Crippen LogP contribution in [0.15, 0.2) is 24.3 Å². The third kappa shape index (κ3) is 9.56. The van der Waals surface area contributed by atoms with Gasteiger partial charge in [0.15, 0.2) is 0 Å². The monoisotopic (exact) mass is 365 g/mol. The van der Waals surface area contributed by atoms with E-state index in [0.717, 1.165) is 12.2 Å². The Morgan fingerprint density at radius 2 is 1.62 bits per heavy atom. The van der Waals surface area contributed by atoms with E-state index in [1.807, 2.05) is 12.1 Å². The molecule has 1 rings (SSSR count). The van der Waals surface area contributed by atoms with Crippen molar-refractivity contribution in [3.8, 4) is 5.75 Å². The highest BCUT2D eigenvalue weighted by molar-refractivity contribution is 5.31. The van der Waals surface area contributed by atoms with Crippen molar-refractivity contribution in [3.63, 3.8) is 0 Å². The second-order valence-electron chi connectivity index (χ2n) is 9.29. The van der Waals surface area contributed by atoms with E-state index < -0.39 is 6.10 Å². The van der Waals surface area contributed by atoms with Gasteiger partial charge in [-0.1, -0.05) is 60.6 Å². The van der Waals surface area contributed by atoms with Crippen LogP contribution in [0.1, 0.15) is 60.5 Å². The van der Waals surface area contributed by atoms with Crippen molar-refractivity contribution in [2.75, 3.05) is 26.4 Å². The van der Waals surface area contributed by atoms with Gasteiger partial charge in [0.2, 0.25) is 0 Å². The normalized spacial score (nSPS) is 13.9. The molecule has 0 amide bonds. The Kier molecular flexibility index (Phi) is 9.08. The molecule has 4 heteroatoms. The molecule has 0 aliphatic heterocycles. The van der Waals surface area contributed by atoms with Crippen molar-refractivity contribution in [3.05, 3.63) is 29.8 Å². The lowest BCUT2D eigenvalue weighted by atomic mass is 9.72. The standard InChI is InChI=1S/C22H39NO3/c1-17(2)23-14-19(24)15-25-12-13-26-20-10-8-18(9-11-20)22(6,7)16-21(3,4)5/h8-11,17,19,23-24H,12-16H2,1-7H3/t19-/m0/s1. The smallest absolute Gasteiger partial charge is 0.119 e. The summed E-state index contributed by atoms with van der Waals surface area (Å²) in [5.74, 6) is 0.853. The molecule has 0 aliphatic rings. The summed E-state index contributed by atoms with van der Waals surface area (Å²) in [6.45, 7) is 17.3. The quantitative estimate of drug-likeness (QED) is 0.578. The van der Waals surface area contributed by atoms with Crippen molar-refractivity contribution in [1.29, 1.82) is 0 Å². The molecule has 0 heterocycles. The first kappa shape index (κ1) is 22.9. The van der Waals surface area contributed by atoms with Gasteiger partial charge in [0.25, 0.3) is 0 Å². The molecule has 0 radical (unpaired) electrons. The number of rotatable bonds is 11. The van der Waals surface area contributed by atoms with Crippen LogP contribution in [0.4, 0.5) is 0 Å². The fourth-order valence-electron chi connectivity index (χ4n) is 3.30. The summed E-state index contributed by atoms with van der Waals surface area (Å²) in [6, 6.07) is 8.73. The van der Waals surface area contributed by atoms with E-state index in [-0.39, 0.29) is 5.41 Å². The average Bonchev–Trinajstić information content (AvgIpc) is 2.51. The van der Waals surface area contributed by atoms with Gasteiger partial charge in [0.1, 0.15) is 12.4 Å². The van der Waals surface area contributed by atoms with Crippen LogP contribution in [0.5, 0.6) is 5.75 Å². The van der Waals surface area contributed by atoms with Gasteiger partial charge in [0, 0.05) is 12.6 Å². The van der Waals surface area contributed by atoms with E-state index in [1.165, 1.54) is 5.56 Å². The molecule has 0 aliphatic carbocycles. The zero-order valence-electron chi connectivity index (χ0n) is 17.8. The average molecular weight is 366 g/mol. The van der Waals surface area contributed by atoms with Crippen LogP contribution in [-0.4, -0.2) is 43.6 Å². The highest BCUT2D eigenvalue weighted by Crippen LogP contribution is 2.36. The lowest BCUT2D eigenvalue weighted by molar-refractivity contribution is 0.0244. The van der Waals surface area contributed by atoms with Crippen LogP contribution in [0.3, 0.4) is 0 Å². The Hall–Kier alpha value is -1.10. The number of aliphatic hydroxyl groups excluding tert-OH is 1. The number of benzene rings is 1. The second kappa shape index (κ2) is 10.3. The Labute approximate surface area is 160 Å². The molecule has 150 valence electrons. The van der Waals surface area contributed by atoms with Crippen molar-refractivity contribution in [2.24, 2.45) is 5.41 Å². The number of aliphatic hydroxyl groups is 1. The molecule has 0 saturated carbocycles. The summed E-state index contributed by atoms with van der Waals surface area (Å²) in [5, 5.41) is 13.0. The van der Waals surface area contributed by atoms with Gasteiger partial charge in [0.05, 0.1) is 19.3 Å². The SMILES string of the molecule is CC(C)NC[C@H](O)COCCOc1ccc(C(C)(C)CC(C)(C)C)cc1. The van der Waals surface area contributed by atoms with Crippen LogP contribution in [-0.2, 0) is 10.2 Å². The second-order valence-corrected chi connectivity index (χ2v) is 9.29. The number of nitrogens with one attached hydrogen (secondary N) is 1. The molecule has 1 atom stereocenters. The first-order valence-electron chi connectivity index (χ1n) is 9.72. The van der Waals surface area contributed by atoms with E-state index in [1.54, 1.807) is 0 Å². The minimum atomic E-state index is -0.485. The van der Waals surface area contributed by atoms with Crippen molar-refractivity contribution >= 4 is 0 Å². The van der Waals surface area contributed by atoms with E-state index in [0.29, 0.717) is 37.8 Å². The fraction of sp³-hybridized carbons (Fsp3) is 0.727. The minimum absolute atomic E-state index is 0.139. The third-order valence-corrected chi connectivity index (χ3v) is 4.18. The molecule has 0 aromatic heterocycles. The summed E-state index contributed by atoms with van der Waals surface area (Å²) < 4.78 is 11.2. The maximum Gasteiger partial charge on any atom is 0.119 e. The molecule has 1 aromatic rings. The van der Waals surface area contributed by atoms with Crippen LogP contribution in [0.25, 0.3) is 0 Å². The molecule has 1 aromatic carbocycles. The maximum absolute atomic E-state index is 9.77. The molecule has 4 nitrogen and oxygen atoms in total. The topological polar surface area (TPSA) is 50.7 Å². The number of hydrogen-bond donors (Lipinski definition) is 2. The molecule has 2 N–H and O–H groups in total. The minimum Gasteiger partial charge on any atom is -0.491 e. The molecule has 0 saturated heterocycles. The molecular weight excluding hydrogens is 326 g/mol. The predicted octanol–water partition coefficient (Wildman–Crippen LogP) is 4.15. The zero-order chi connectivity index (χ0) is 19.8. The lowest BCUT2D eigenvalue weighted by Crippen LogP contribution is -2.34. The zero-order valence-corrected chi connectivity index (χ0v) is 17.8. The van der Waals surface area contributed by atoms with Crippen molar-refractivity contribution in [2.45, 2.75) is 72.4 Å². The van der Waals surface area contributed by atoms with Crippen LogP contribution >= 0.6 is 0 Å². The van der Waals surface area contributed by atoms with E-state index >= 15 is 0 Å². The Bertz CT molecular complexity index is 503. The molecule has 0 unspecified atom stereocenters. The molecular formula is C22H39NO3. The van der Waals surface area contributed by atoms with Gasteiger partial charge < -0.3 is 19.9 Å². The fourth-order valence-corrected chi connectivity index (χ4v) is 3.30. The van der Waals surface area contributed by atoms with Gasteiger partial charge in [-0.05, 0) is 34.9 Å². The molecule has 26 heavy (non-hydrogen) atoms. The summed E-state index contributed by atoms with van der Waals surface area (Å²) >= 11 is 0. The van der Waals surface area contributed by atoms with Gasteiger partial charge in [-0.25, -0.2) is 0 Å². The van der Waals surface area contributed by atoms with Crippen LogP contribution in [0.2, 0.25) is 0 Å². The Morgan fingerprint density at radius 3 is 2.15 bits per heavy atom. The lowest BCUT2D eigenvalue weighted by Gasteiger charge is -2.33. The van der Waals surface area contributed by atoms with Crippen LogP contribution in [0, 0.1) is 5.41 Å². The summed E-state index contributed by atoms with van der Waals surface area (Å²) in [4.78, 5) is 0. The summed E-state index contributed by atoms with van der Waals surface area (Å²) in [7, 11) is 0. The first-order valence-corrected chi connectivity index (χ1v) is 9.72. The Morgan fingerprint density at radius 1 is 1.00 bits per heavy atom. The molecule has 0 fully saturated rings. The van der Waals surface area contributed by atoms with Gasteiger partial charge in [-0.3, -0.25) is 0 Å². The van der Waals surface area contributed by atoms with Crippen molar-refractivity contribution < 1.29 is 14.6 Å². The maximum atomic E-state index is 9.77. The highest BCUT2D eigenvalue weighted by Gasteiger charge is 2.27. The van der Waals surface area contributed by atoms with E-state index in [4.69, 9.17) is 9.47 Å². The van der Waals surface area contributed by atoms with Gasteiger partial charge in [-0.15, -0.1) is 0 Å². The summed E-state index contributed by atoms with van der Waals surface area (Å²) in [5.41, 5.74) is 1.77. The third-order valence-electron chi connectivity index (χ3n) is 4.18. The van der Waals surface area contributed by atoms with Gasteiger partial charge >= 0.3 is 0 Å². The van der Waals surface area contributed by atoms with E-state index in [9.17, 15) is 5.11 Å². The highest BCUT2D eigenvalue weighted by atomic mass is 16.5. The first-order chi connectivity index (χ1) is 12.0. The Balaban J connectivity index is 2.33. The molecule has 0 bridgehead atoms. The summed E-state index contributed by atoms with van der Waals surface area (Å²) in [6.07, 6.45) is 0.643. The predicted molar refractivity (Wildman–Crippen MR) is 109 cm³/mol.